The fourth-order valence-corrected chi connectivity index (χ4v) is 5.06. The molecule has 1 aliphatic rings. The molecule has 2 amide bonds. The monoisotopic (exact) mass is 560 g/mol. The highest BCUT2D eigenvalue weighted by molar-refractivity contribution is 9.10. The second kappa shape index (κ2) is 12.1. The number of nitrogens with one attached hydrogen (secondary N) is 2. The van der Waals surface area contributed by atoms with Gasteiger partial charge in [0.15, 0.2) is 11.5 Å². The minimum atomic E-state index is -0.758. The minimum absolute atomic E-state index is 0.0649. The van der Waals surface area contributed by atoms with Crippen LogP contribution in [0, 0.1) is 0 Å². The molecule has 4 N–H and O–H groups in total. The van der Waals surface area contributed by atoms with Crippen molar-refractivity contribution in [3.05, 3.63) is 63.8 Å². The topological polar surface area (TPSA) is 115 Å². The molecule has 0 spiro atoms. The molecule has 0 saturated heterocycles. The van der Waals surface area contributed by atoms with Gasteiger partial charge in [-0.15, -0.1) is 0 Å². The Morgan fingerprint density at radius 3 is 2.51 bits per heavy atom. The molecule has 3 rings (SSSR count). The van der Waals surface area contributed by atoms with E-state index in [0.29, 0.717) is 35.2 Å². The number of ether oxygens (including phenoxy) is 2. The van der Waals surface area contributed by atoms with Crippen LogP contribution in [-0.4, -0.2) is 48.9 Å². The van der Waals surface area contributed by atoms with E-state index >= 15 is 0 Å². The maximum absolute atomic E-state index is 13.1. The lowest BCUT2D eigenvalue weighted by atomic mass is 10.1. The molecule has 1 aliphatic heterocycles. The summed E-state index contributed by atoms with van der Waals surface area (Å²) in [5.41, 5.74) is 8.40. The number of halogens is 1. The summed E-state index contributed by atoms with van der Waals surface area (Å²) in [6.07, 6.45) is 0.578. The molecule has 1 heterocycles. The average Bonchev–Trinajstić information content (AvgIpc) is 3.15. The molecule has 8 nitrogen and oxygen atoms in total. The molecular formula is C25H29BrN4O4S. The molecular weight excluding hydrogens is 532 g/mol. The Labute approximate surface area is 217 Å². The lowest BCUT2D eigenvalue weighted by Gasteiger charge is -2.12. The summed E-state index contributed by atoms with van der Waals surface area (Å²) in [6.45, 7) is 4.19. The molecule has 10 heteroatoms. The van der Waals surface area contributed by atoms with E-state index in [9.17, 15) is 9.59 Å². The van der Waals surface area contributed by atoms with E-state index in [0.717, 1.165) is 10.0 Å². The lowest BCUT2D eigenvalue weighted by molar-refractivity contribution is -0.117. The predicted molar refractivity (Wildman–Crippen MR) is 144 cm³/mol. The van der Waals surface area contributed by atoms with E-state index in [1.165, 1.54) is 11.8 Å². The Morgan fingerprint density at radius 2 is 1.86 bits per heavy atom. The zero-order chi connectivity index (χ0) is 25.5. The van der Waals surface area contributed by atoms with Crippen molar-refractivity contribution >= 4 is 50.2 Å². The summed E-state index contributed by atoms with van der Waals surface area (Å²) in [4.78, 5) is 30.7. The van der Waals surface area contributed by atoms with Gasteiger partial charge in [0.2, 0.25) is 5.91 Å². The largest absolute Gasteiger partial charge is 0.493 e. The van der Waals surface area contributed by atoms with Gasteiger partial charge in [-0.1, -0.05) is 30.0 Å². The average molecular weight is 562 g/mol. The van der Waals surface area contributed by atoms with Crippen molar-refractivity contribution in [3.8, 4) is 11.5 Å². The van der Waals surface area contributed by atoms with Gasteiger partial charge in [-0.3, -0.25) is 14.6 Å². The summed E-state index contributed by atoms with van der Waals surface area (Å²) >= 11 is 4.61. The number of rotatable bonds is 9. The molecule has 0 radical (unpaired) electrons. The van der Waals surface area contributed by atoms with Crippen molar-refractivity contribution < 1.29 is 19.1 Å². The zero-order valence-electron chi connectivity index (χ0n) is 20.1. The van der Waals surface area contributed by atoms with Crippen molar-refractivity contribution in [2.24, 2.45) is 10.7 Å². The Morgan fingerprint density at radius 1 is 1.14 bits per heavy atom. The van der Waals surface area contributed by atoms with Gasteiger partial charge in [0.25, 0.3) is 5.91 Å². The van der Waals surface area contributed by atoms with Gasteiger partial charge in [-0.2, -0.15) is 0 Å². The highest BCUT2D eigenvalue weighted by atomic mass is 79.9. The molecule has 0 bridgehead atoms. The highest BCUT2D eigenvalue weighted by Gasteiger charge is 2.38. The number of carbonyl (C=O) groups is 2. The molecule has 0 unspecified atom stereocenters. The zero-order valence-corrected chi connectivity index (χ0v) is 22.5. The Kier molecular flexibility index (Phi) is 9.22. The van der Waals surface area contributed by atoms with E-state index in [1.54, 1.807) is 20.3 Å². The number of aliphatic imine (C=N–C) groups is 1. The van der Waals surface area contributed by atoms with Crippen LogP contribution in [0.3, 0.4) is 0 Å². The molecule has 0 saturated carbocycles. The highest BCUT2D eigenvalue weighted by Crippen LogP contribution is 2.35. The third-order valence-corrected chi connectivity index (χ3v) is 7.06. The number of amides is 2. The summed E-state index contributed by atoms with van der Waals surface area (Å²) < 4.78 is 11.4. The number of methoxy groups -OCH3 is 2. The van der Waals surface area contributed by atoms with Crippen molar-refractivity contribution in [3.63, 3.8) is 0 Å². The van der Waals surface area contributed by atoms with E-state index in [2.05, 4.69) is 31.6 Å². The molecule has 1 atom stereocenters. The van der Waals surface area contributed by atoms with E-state index in [1.807, 2.05) is 50.2 Å². The number of hydrogen-bond donors (Lipinski definition) is 3. The molecule has 186 valence electrons. The molecule has 35 heavy (non-hydrogen) atoms. The Bertz CT molecular complexity index is 1170. The first-order valence-corrected chi connectivity index (χ1v) is 12.7. The Hall–Kier alpha value is -2.98. The van der Waals surface area contributed by atoms with Crippen molar-refractivity contribution in [1.82, 2.24) is 5.32 Å². The van der Waals surface area contributed by atoms with Crippen molar-refractivity contribution in [1.29, 1.82) is 0 Å². The van der Waals surface area contributed by atoms with Crippen LogP contribution in [-0.2, 0) is 16.0 Å². The first-order valence-electron chi connectivity index (χ1n) is 11.0. The number of anilines is 1. The number of carbonyl (C=O) groups excluding carboxylic acids is 2. The van der Waals surface area contributed by atoms with Crippen LogP contribution < -0.4 is 25.8 Å². The van der Waals surface area contributed by atoms with Gasteiger partial charge >= 0.3 is 0 Å². The van der Waals surface area contributed by atoms with Crippen molar-refractivity contribution in [2.75, 3.05) is 26.1 Å². The maximum Gasteiger partial charge on any atom is 0.255 e. The quantitative estimate of drug-likeness (QED) is 0.428. The fraction of sp³-hybridized carbons (Fsp3) is 0.320. The molecule has 0 aliphatic carbocycles. The summed E-state index contributed by atoms with van der Waals surface area (Å²) in [5, 5.41) is 5.49. The summed E-state index contributed by atoms with van der Waals surface area (Å²) in [5.74, 6) is 0.596. The number of benzene rings is 2. The Balaban J connectivity index is 1.74. The summed E-state index contributed by atoms with van der Waals surface area (Å²) in [6, 6.07) is 12.8. The van der Waals surface area contributed by atoms with Crippen LogP contribution in [0.25, 0.3) is 0 Å². The van der Waals surface area contributed by atoms with Gasteiger partial charge in [0.1, 0.15) is 10.3 Å². The van der Waals surface area contributed by atoms with Crippen molar-refractivity contribution in [2.45, 2.75) is 31.6 Å². The second-order valence-corrected chi connectivity index (χ2v) is 9.97. The smallest absolute Gasteiger partial charge is 0.255 e. The molecule has 2 aromatic rings. The number of nitrogens with two attached hydrogens (primary N) is 1. The van der Waals surface area contributed by atoms with E-state index in [4.69, 9.17) is 15.2 Å². The number of nitrogens with zero attached hydrogens (tertiary/aromatic N) is 1. The lowest BCUT2D eigenvalue weighted by Crippen LogP contribution is -2.32. The number of para-hydroxylation sites is 1. The molecule has 0 aromatic heterocycles. The maximum atomic E-state index is 13.1. The molecule has 2 aromatic carbocycles. The van der Waals surface area contributed by atoms with Gasteiger partial charge in [-0.25, -0.2) is 0 Å². The van der Waals surface area contributed by atoms with Gasteiger partial charge in [-0.05, 0) is 66.0 Å². The fourth-order valence-electron chi connectivity index (χ4n) is 3.45. The normalized spacial score (nSPS) is 16.5. The van der Waals surface area contributed by atoms with Crippen LogP contribution in [0.5, 0.6) is 11.5 Å². The standard InChI is InChI=1S/C25H29BrN4O4S/c1-14(2)29-25-20(21(27)22(35-25)24(32)30-17-8-6-5-7-16(17)26)23(31)28-12-11-15-9-10-18(33-3)19(13-15)34-4/h5-10,13-14,22H,11-12,27H2,1-4H3,(H,28,31)(H,30,32)/t22-/m0/s1. The first-order chi connectivity index (χ1) is 16.7. The van der Waals surface area contributed by atoms with Crippen LogP contribution in [0.4, 0.5) is 5.69 Å². The second-order valence-electron chi connectivity index (χ2n) is 8.02. The SMILES string of the molecule is COc1ccc(CCNC(=O)C2=C(N)[C@@H](C(=O)Nc3ccccc3Br)SC2=NC(C)C)cc1OC. The van der Waals surface area contributed by atoms with Gasteiger partial charge < -0.3 is 25.8 Å². The molecule has 0 fully saturated rings. The van der Waals surface area contributed by atoms with E-state index in [-0.39, 0.29) is 29.1 Å². The summed E-state index contributed by atoms with van der Waals surface area (Å²) in [7, 11) is 3.16. The van der Waals surface area contributed by atoms with Crippen LogP contribution in [0.1, 0.15) is 19.4 Å². The van der Waals surface area contributed by atoms with E-state index < -0.39 is 5.25 Å². The first kappa shape index (κ1) is 26.6. The van der Waals surface area contributed by atoms with Crippen LogP contribution >= 0.6 is 27.7 Å². The third-order valence-electron chi connectivity index (χ3n) is 5.13. The number of hydrogen-bond acceptors (Lipinski definition) is 7. The predicted octanol–water partition coefficient (Wildman–Crippen LogP) is 3.90. The van der Waals surface area contributed by atoms with Gasteiger partial charge in [0, 0.05) is 22.8 Å². The minimum Gasteiger partial charge on any atom is -0.493 e. The third kappa shape index (κ3) is 6.58. The van der Waals surface area contributed by atoms with Crippen LogP contribution in [0.2, 0.25) is 0 Å². The van der Waals surface area contributed by atoms with Crippen LogP contribution in [0.15, 0.2) is 63.2 Å². The van der Waals surface area contributed by atoms with Gasteiger partial charge in [0.05, 0.1) is 25.5 Å². The number of thioether (sulfide) groups is 1.